The summed E-state index contributed by atoms with van der Waals surface area (Å²) in [6.45, 7) is 7.34. The first kappa shape index (κ1) is 16.2. The Kier molecular flexibility index (Phi) is 3.91. The highest BCUT2D eigenvalue weighted by molar-refractivity contribution is 6.20. The number of rotatable bonds is 1. The summed E-state index contributed by atoms with van der Waals surface area (Å²) in [7, 11) is 0. The Morgan fingerprint density at radius 1 is 1.00 bits per heavy atom. The van der Waals surface area contributed by atoms with Crippen LogP contribution in [0.5, 0.6) is 0 Å². The molecule has 1 aliphatic rings. The van der Waals surface area contributed by atoms with E-state index in [1.807, 2.05) is 49.4 Å². The molecule has 0 aliphatic carbocycles. The van der Waals surface area contributed by atoms with Crippen molar-refractivity contribution in [3.8, 4) is 0 Å². The van der Waals surface area contributed by atoms with E-state index < -0.39 is 17.6 Å². The first-order chi connectivity index (χ1) is 11.3. The van der Waals surface area contributed by atoms with Gasteiger partial charge >= 0.3 is 6.09 Å². The average Bonchev–Trinajstić information content (AvgIpc) is 2.78. The summed E-state index contributed by atoms with van der Waals surface area (Å²) in [6.07, 6.45) is -0.629. The van der Waals surface area contributed by atoms with Gasteiger partial charge in [-0.15, -0.1) is 0 Å². The number of anilines is 1. The van der Waals surface area contributed by atoms with E-state index >= 15 is 0 Å². The Hall–Kier alpha value is -2.62. The van der Waals surface area contributed by atoms with Crippen molar-refractivity contribution >= 4 is 17.7 Å². The molecule has 0 fully saturated rings. The standard InChI is InChI=1S/C20H21NO3/c1-13-9-5-6-10-14(13)17-15-11-7-8-12-16(15)21(18(17)22)19(23)24-20(2,3)4/h5-12,17H,1-4H3. The third-order valence-corrected chi connectivity index (χ3v) is 4.03. The summed E-state index contributed by atoms with van der Waals surface area (Å²) in [5, 5.41) is 0. The Morgan fingerprint density at radius 3 is 2.21 bits per heavy atom. The number of fused-ring (bicyclic) bond motifs is 1. The van der Waals surface area contributed by atoms with Crippen LogP contribution in [0.2, 0.25) is 0 Å². The zero-order chi connectivity index (χ0) is 17.5. The van der Waals surface area contributed by atoms with E-state index in [-0.39, 0.29) is 5.91 Å². The minimum atomic E-state index is -0.660. The zero-order valence-corrected chi connectivity index (χ0v) is 14.4. The van der Waals surface area contributed by atoms with E-state index in [0.29, 0.717) is 5.69 Å². The summed E-state index contributed by atoms with van der Waals surface area (Å²) >= 11 is 0. The number of para-hydroxylation sites is 1. The number of aryl methyl sites for hydroxylation is 1. The van der Waals surface area contributed by atoms with Gasteiger partial charge in [-0.1, -0.05) is 42.5 Å². The molecule has 0 spiro atoms. The van der Waals surface area contributed by atoms with E-state index in [1.54, 1.807) is 26.8 Å². The number of imide groups is 1. The van der Waals surface area contributed by atoms with Crippen molar-refractivity contribution in [3.05, 3.63) is 65.2 Å². The van der Waals surface area contributed by atoms with Crippen molar-refractivity contribution in [1.29, 1.82) is 0 Å². The van der Waals surface area contributed by atoms with Crippen molar-refractivity contribution in [2.45, 2.75) is 39.2 Å². The SMILES string of the molecule is Cc1ccccc1C1C(=O)N(C(=O)OC(C)(C)C)c2ccccc21. The maximum atomic E-state index is 13.1. The second-order valence-electron chi connectivity index (χ2n) is 7.00. The molecule has 1 unspecified atom stereocenters. The largest absolute Gasteiger partial charge is 0.443 e. The van der Waals surface area contributed by atoms with Crippen LogP contribution in [0.15, 0.2) is 48.5 Å². The van der Waals surface area contributed by atoms with Gasteiger partial charge in [-0.3, -0.25) is 4.79 Å². The molecule has 4 heteroatoms. The Bertz CT molecular complexity index is 805. The average molecular weight is 323 g/mol. The van der Waals surface area contributed by atoms with Gasteiger partial charge in [-0.2, -0.15) is 0 Å². The Labute approximate surface area is 142 Å². The van der Waals surface area contributed by atoms with Gasteiger partial charge in [0, 0.05) is 0 Å². The number of amides is 2. The third kappa shape index (κ3) is 2.80. The lowest BCUT2D eigenvalue weighted by Crippen LogP contribution is -2.39. The van der Waals surface area contributed by atoms with Crippen molar-refractivity contribution in [1.82, 2.24) is 0 Å². The minimum absolute atomic E-state index is 0.264. The molecule has 1 aliphatic heterocycles. The molecule has 1 heterocycles. The molecule has 2 aromatic rings. The quantitative estimate of drug-likeness (QED) is 0.781. The van der Waals surface area contributed by atoms with E-state index in [0.717, 1.165) is 21.6 Å². The lowest BCUT2D eigenvalue weighted by Gasteiger charge is -2.24. The van der Waals surface area contributed by atoms with Gasteiger partial charge in [0.05, 0.1) is 11.6 Å². The topological polar surface area (TPSA) is 46.6 Å². The maximum Gasteiger partial charge on any atom is 0.421 e. The Balaban J connectivity index is 2.08. The predicted octanol–water partition coefficient (Wildman–Crippen LogP) is 4.41. The smallest absolute Gasteiger partial charge is 0.421 e. The van der Waals surface area contributed by atoms with E-state index in [2.05, 4.69) is 0 Å². The van der Waals surface area contributed by atoms with Crippen LogP contribution in [0.25, 0.3) is 0 Å². The van der Waals surface area contributed by atoms with Gasteiger partial charge in [0.1, 0.15) is 5.60 Å². The molecular weight excluding hydrogens is 302 g/mol. The molecule has 1 atom stereocenters. The molecule has 0 saturated heterocycles. The number of carbonyl (C=O) groups is 2. The first-order valence-corrected chi connectivity index (χ1v) is 8.01. The van der Waals surface area contributed by atoms with Crippen LogP contribution >= 0.6 is 0 Å². The number of carbonyl (C=O) groups excluding carboxylic acids is 2. The van der Waals surface area contributed by atoms with Gasteiger partial charge in [-0.25, -0.2) is 9.69 Å². The highest BCUT2D eigenvalue weighted by Gasteiger charge is 2.43. The van der Waals surface area contributed by atoms with Crippen LogP contribution in [-0.4, -0.2) is 17.6 Å². The number of hydrogen-bond donors (Lipinski definition) is 0. The summed E-state index contributed by atoms with van der Waals surface area (Å²) in [5.41, 5.74) is 2.72. The number of nitrogens with zero attached hydrogens (tertiary/aromatic N) is 1. The summed E-state index contributed by atoms with van der Waals surface area (Å²) in [4.78, 5) is 26.8. The van der Waals surface area contributed by atoms with Gasteiger partial charge in [0.15, 0.2) is 0 Å². The summed E-state index contributed by atoms with van der Waals surface area (Å²) in [5.74, 6) is -0.741. The predicted molar refractivity (Wildman–Crippen MR) is 93.2 cm³/mol. The molecule has 0 saturated carbocycles. The Morgan fingerprint density at radius 2 is 1.58 bits per heavy atom. The maximum absolute atomic E-state index is 13.1. The molecular formula is C20H21NO3. The molecule has 2 aromatic carbocycles. The van der Waals surface area contributed by atoms with Gasteiger partial charge in [0.2, 0.25) is 5.91 Å². The van der Waals surface area contributed by atoms with E-state index in [4.69, 9.17) is 4.74 Å². The van der Waals surface area contributed by atoms with Crippen molar-refractivity contribution in [2.24, 2.45) is 0 Å². The van der Waals surface area contributed by atoms with Crippen LogP contribution in [0.4, 0.5) is 10.5 Å². The molecule has 2 amide bonds. The normalized spacial score (nSPS) is 16.9. The third-order valence-electron chi connectivity index (χ3n) is 4.03. The molecule has 124 valence electrons. The first-order valence-electron chi connectivity index (χ1n) is 8.01. The monoisotopic (exact) mass is 323 g/mol. The van der Waals surface area contributed by atoms with Gasteiger partial charge < -0.3 is 4.74 Å². The van der Waals surface area contributed by atoms with Crippen LogP contribution in [0, 0.1) is 6.92 Å². The molecule has 0 N–H and O–H groups in total. The molecule has 4 nitrogen and oxygen atoms in total. The summed E-state index contributed by atoms with van der Waals surface area (Å²) < 4.78 is 5.43. The van der Waals surface area contributed by atoms with Gasteiger partial charge in [-0.05, 0) is 50.5 Å². The summed E-state index contributed by atoms with van der Waals surface area (Å²) in [6, 6.07) is 15.2. The zero-order valence-electron chi connectivity index (χ0n) is 14.4. The minimum Gasteiger partial charge on any atom is -0.443 e. The van der Waals surface area contributed by atoms with Crippen molar-refractivity contribution < 1.29 is 14.3 Å². The molecule has 24 heavy (non-hydrogen) atoms. The van der Waals surface area contributed by atoms with Crippen molar-refractivity contribution in [2.75, 3.05) is 4.90 Å². The highest BCUT2D eigenvalue weighted by atomic mass is 16.6. The molecule has 3 rings (SSSR count). The van der Waals surface area contributed by atoms with Crippen molar-refractivity contribution in [3.63, 3.8) is 0 Å². The van der Waals surface area contributed by atoms with Crippen LogP contribution < -0.4 is 4.90 Å². The number of hydrogen-bond acceptors (Lipinski definition) is 3. The van der Waals surface area contributed by atoms with Crippen LogP contribution in [0.1, 0.15) is 43.4 Å². The lowest BCUT2D eigenvalue weighted by molar-refractivity contribution is -0.118. The second-order valence-corrected chi connectivity index (χ2v) is 7.00. The van der Waals surface area contributed by atoms with E-state index in [1.165, 1.54) is 0 Å². The van der Waals surface area contributed by atoms with E-state index in [9.17, 15) is 9.59 Å². The van der Waals surface area contributed by atoms with Crippen LogP contribution in [0.3, 0.4) is 0 Å². The van der Waals surface area contributed by atoms with Crippen LogP contribution in [-0.2, 0) is 9.53 Å². The fourth-order valence-corrected chi connectivity index (χ4v) is 3.02. The number of benzene rings is 2. The molecule has 0 bridgehead atoms. The lowest BCUT2D eigenvalue weighted by atomic mass is 9.90. The fraction of sp³-hybridized carbons (Fsp3) is 0.300. The molecule has 0 aromatic heterocycles. The van der Waals surface area contributed by atoms with Gasteiger partial charge in [0.25, 0.3) is 0 Å². The second kappa shape index (κ2) is 5.78. The highest BCUT2D eigenvalue weighted by Crippen LogP contribution is 2.42. The number of ether oxygens (including phenoxy) is 1. The molecule has 0 radical (unpaired) electrons. The fourth-order valence-electron chi connectivity index (χ4n) is 3.02.